The Kier molecular flexibility index (Phi) is 6.83. The van der Waals surface area contributed by atoms with E-state index in [1.54, 1.807) is 0 Å². The second-order valence-corrected chi connectivity index (χ2v) is 11.4. The first-order valence-electron chi connectivity index (χ1n) is 13.3. The predicted molar refractivity (Wildman–Crippen MR) is 137 cm³/mol. The standard InChI is InChI=1S/C27H36N4O3S/c32-26(20-9-12-31(17-20)27-29-22-5-1-2-6-25(22)35-27)28-21(18-30-10-3-4-11-30)15-19-7-8-23-24(16-19)34-14-13-33-23/h7-8,16,20-21H,1-6,9-15,17-18H2,(H,28,32)/p-1/t20-,21?/m1/s1. The van der Waals surface area contributed by atoms with Crippen LogP contribution >= 0.6 is 11.3 Å². The summed E-state index contributed by atoms with van der Waals surface area (Å²) in [5.41, 5.74) is 2.44. The molecule has 35 heavy (non-hydrogen) atoms. The molecule has 7 nitrogen and oxygen atoms in total. The van der Waals surface area contributed by atoms with Crippen LogP contribution in [-0.2, 0) is 19.3 Å². The minimum atomic E-state index is -0.0376. The first-order chi connectivity index (χ1) is 17.2. The Balaban J connectivity index is 1.15. The Bertz CT molecular complexity index is 1040. The number of aliphatic imine (C=N–C) groups is 1. The minimum absolute atomic E-state index is 0.0303. The van der Waals surface area contributed by atoms with Crippen molar-refractivity contribution in [1.29, 1.82) is 0 Å². The average Bonchev–Trinajstić information content (AvgIpc) is 3.64. The summed E-state index contributed by atoms with van der Waals surface area (Å²) in [5, 5.41) is 14.5. The van der Waals surface area contributed by atoms with Gasteiger partial charge in [-0.15, -0.1) is 11.3 Å². The number of anilines is 1. The highest BCUT2D eigenvalue weighted by molar-refractivity contribution is 7.15. The number of benzene rings is 1. The Labute approximate surface area is 211 Å². The first kappa shape index (κ1) is 23.1. The second kappa shape index (κ2) is 10.3. The van der Waals surface area contributed by atoms with Gasteiger partial charge in [-0.05, 0) is 88.1 Å². The third-order valence-electron chi connectivity index (χ3n) is 7.70. The molecule has 2 fully saturated rings. The summed E-state index contributed by atoms with van der Waals surface area (Å²) in [6.45, 7) is 5.87. The lowest BCUT2D eigenvalue weighted by Crippen LogP contribution is -2.36. The van der Waals surface area contributed by atoms with E-state index in [1.807, 2.05) is 17.4 Å². The van der Waals surface area contributed by atoms with Crippen LogP contribution in [0.4, 0.5) is 5.13 Å². The third-order valence-corrected chi connectivity index (χ3v) is 8.92. The van der Waals surface area contributed by atoms with Crippen molar-refractivity contribution in [1.82, 2.24) is 9.88 Å². The molecule has 1 aromatic carbocycles. The molecule has 6 rings (SSSR count). The highest BCUT2D eigenvalue weighted by atomic mass is 32.1. The monoisotopic (exact) mass is 495 g/mol. The van der Waals surface area contributed by atoms with Gasteiger partial charge < -0.3 is 29.4 Å². The van der Waals surface area contributed by atoms with Gasteiger partial charge in [-0.2, -0.15) is 0 Å². The molecule has 188 valence electrons. The van der Waals surface area contributed by atoms with Crippen LogP contribution in [0.15, 0.2) is 23.2 Å². The van der Waals surface area contributed by atoms with Gasteiger partial charge in [0.2, 0.25) is 0 Å². The van der Waals surface area contributed by atoms with E-state index >= 15 is 0 Å². The van der Waals surface area contributed by atoms with E-state index in [0.29, 0.717) is 13.2 Å². The summed E-state index contributed by atoms with van der Waals surface area (Å²) in [4.78, 5) is 16.0. The van der Waals surface area contributed by atoms with E-state index in [1.165, 1.54) is 36.3 Å². The van der Waals surface area contributed by atoms with Gasteiger partial charge in [0.05, 0.1) is 11.7 Å². The maximum Gasteiger partial charge on any atom is 0.185 e. The fraction of sp³-hybridized carbons (Fsp3) is 0.630. The summed E-state index contributed by atoms with van der Waals surface area (Å²) in [7, 11) is 0. The first-order valence-corrected chi connectivity index (χ1v) is 14.1. The number of thiazole rings is 1. The predicted octanol–water partition coefficient (Wildman–Crippen LogP) is 3.09. The topological polar surface area (TPSA) is 73.3 Å². The molecule has 1 aromatic heterocycles. The van der Waals surface area contributed by atoms with Crippen molar-refractivity contribution in [2.45, 2.75) is 57.4 Å². The van der Waals surface area contributed by atoms with Crippen molar-refractivity contribution >= 4 is 22.4 Å². The zero-order chi connectivity index (χ0) is 23.6. The average molecular weight is 496 g/mol. The summed E-state index contributed by atoms with van der Waals surface area (Å²) in [6, 6.07) is 6.10. The van der Waals surface area contributed by atoms with Crippen molar-refractivity contribution in [2.24, 2.45) is 10.9 Å². The summed E-state index contributed by atoms with van der Waals surface area (Å²) in [5.74, 6) is 1.64. The van der Waals surface area contributed by atoms with Crippen LogP contribution in [-0.4, -0.2) is 67.8 Å². The largest absolute Gasteiger partial charge is 0.862 e. The molecular weight excluding hydrogens is 460 g/mol. The van der Waals surface area contributed by atoms with Gasteiger partial charge in [0.1, 0.15) is 13.2 Å². The number of hydrogen-bond acceptors (Lipinski definition) is 8. The molecule has 1 unspecified atom stereocenters. The van der Waals surface area contributed by atoms with Crippen LogP contribution in [0.5, 0.6) is 11.5 Å². The van der Waals surface area contributed by atoms with Crippen molar-refractivity contribution in [3.63, 3.8) is 0 Å². The summed E-state index contributed by atoms with van der Waals surface area (Å²) >= 11 is 1.84. The van der Waals surface area contributed by atoms with Crippen LogP contribution in [0, 0.1) is 5.92 Å². The quantitative estimate of drug-likeness (QED) is 0.434. The smallest absolute Gasteiger partial charge is 0.185 e. The molecule has 2 aromatic rings. The van der Waals surface area contributed by atoms with Crippen molar-refractivity contribution in [3.05, 3.63) is 34.3 Å². The number of aryl methyl sites for hydroxylation is 2. The number of aromatic nitrogens is 1. The van der Waals surface area contributed by atoms with E-state index in [9.17, 15) is 5.11 Å². The zero-order valence-electron chi connectivity index (χ0n) is 20.4. The Morgan fingerprint density at radius 2 is 1.91 bits per heavy atom. The van der Waals surface area contributed by atoms with E-state index in [4.69, 9.17) is 19.5 Å². The van der Waals surface area contributed by atoms with Gasteiger partial charge in [0.25, 0.3) is 0 Å². The number of ether oxygens (including phenoxy) is 2. The number of fused-ring (bicyclic) bond motifs is 2. The van der Waals surface area contributed by atoms with Crippen LogP contribution in [0.2, 0.25) is 0 Å². The number of nitrogens with zero attached hydrogens (tertiary/aromatic N) is 4. The van der Waals surface area contributed by atoms with Gasteiger partial charge in [0, 0.05) is 30.4 Å². The molecular formula is C27H35N4O3S-. The molecule has 8 heteroatoms. The maximum atomic E-state index is 13.4. The van der Waals surface area contributed by atoms with E-state index in [0.717, 1.165) is 80.6 Å². The van der Waals surface area contributed by atoms with Crippen LogP contribution in [0.3, 0.4) is 0 Å². The third kappa shape index (κ3) is 5.28. The molecule has 0 saturated carbocycles. The molecule has 4 heterocycles. The van der Waals surface area contributed by atoms with Gasteiger partial charge in [-0.3, -0.25) is 0 Å². The van der Waals surface area contributed by atoms with Crippen LogP contribution in [0.25, 0.3) is 0 Å². The molecule has 0 spiro atoms. The zero-order valence-corrected chi connectivity index (χ0v) is 21.2. The van der Waals surface area contributed by atoms with E-state index < -0.39 is 0 Å². The highest BCUT2D eigenvalue weighted by Crippen LogP contribution is 2.35. The lowest BCUT2D eigenvalue weighted by atomic mass is 10.0. The van der Waals surface area contributed by atoms with Crippen molar-refractivity contribution in [2.75, 3.05) is 50.8 Å². The van der Waals surface area contributed by atoms with Crippen LogP contribution < -0.4 is 19.5 Å². The molecule has 0 N–H and O–H groups in total. The highest BCUT2D eigenvalue weighted by Gasteiger charge is 2.27. The number of hydrogen-bond donors (Lipinski definition) is 0. The van der Waals surface area contributed by atoms with Gasteiger partial charge in [-0.25, -0.2) is 4.98 Å². The normalized spacial score (nSPS) is 23.5. The molecule has 4 aliphatic rings. The maximum absolute atomic E-state index is 13.4. The summed E-state index contributed by atoms with van der Waals surface area (Å²) < 4.78 is 11.5. The fourth-order valence-electron chi connectivity index (χ4n) is 5.80. The molecule has 1 aliphatic carbocycles. The number of likely N-dealkylation sites (tertiary alicyclic amines) is 1. The van der Waals surface area contributed by atoms with Gasteiger partial charge in [-0.1, -0.05) is 6.07 Å². The van der Waals surface area contributed by atoms with Gasteiger partial charge >= 0.3 is 0 Å². The molecule has 3 aliphatic heterocycles. The van der Waals surface area contributed by atoms with Crippen LogP contribution in [0.1, 0.15) is 48.2 Å². The fourth-order valence-corrected chi connectivity index (χ4v) is 6.98. The number of rotatable bonds is 7. The molecule has 2 atom stereocenters. The van der Waals surface area contributed by atoms with E-state index in [2.05, 4.69) is 21.9 Å². The van der Waals surface area contributed by atoms with Crippen molar-refractivity contribution in [3.8, 4) is 11.5 Å². The Morgan fingerprint density at radius 1 is 1.09 bits per heavy atom. The van der Waals surface area contributed by atoms with Crippen molar-refractivity contribution < 1.29 is 14.6 Å². The SMILES string of the molecule is [O-]C(=NC(Cc1ccc2c(c1)OCCO2)CN1CCCC1)[C@@H]1CCN(c2nc3c(s2)CCCC3)C1. The lowest BCUT2D eigenvalue weighted by Gasteiger charge is -2.26. The lowest BCUT2D eigenvalue weighted by molar-refractivity contribution is -0.223. The Morgan fingerprint density at radius 3 is 2.77 bits per heavy atom. The van der Waals surface area contributed by atoms with E-state index in [-0.39, 0.29) is 17.9 Å². The molecule has 2 saturated heterocycles. The Hall–Kier alpha value is -2.32. The minimum Gasteiger partial charge on any atom is -0.862 e. The molecule has 0 radical (unpaired) electrons. The molecule has 0 amide bonds. The second-order valence-electron chi connectivity index (χ2n) is 10.3. The van der Waals surface area contributed by atoms with Gasteiger partial charge in [0.15, 0.2) is 16.6 Å². The summed E-state index contributed by atoms with van der Waals surface area (Å²) in [6.07, 6.45) is 8.88. The molecule has 0 bridgehead atoms.